The van der Waals surface area contributed by atoms with Crippen molar-refractivity contribution in [2.45, 2.75) is 77.4 Å². The van der Waals surface area contributed by atoms with Crippen LogP contribution in [0.2, 0.25) is 0 Å². The lowest BCUT2D eigenvalue weighted by Gasteiger charge is -2.63. The summed E-state index contributed by atoms with van der Waals surface area (Å²) in [5.41, 5.74) is 3.21. The molecule has 0 amide bonds. The summed E-state index contributed by atoms with van der Waals surface area (Å²) >= 11 is 0. The number of fused-ring (bicyclic) bond motifs is 3. The monoisotopic (exact) mass is 562 g/mol. The average Bonchev–Trinajstić information content (AvgIpc) is 3.37. The zero-order valence-corrected chi connectivity index (χ0v) is 25.5. The molecule has 3 aliphatic carbocycles. The highest BCUT2D eigenvalue weighted by molar-refractivity contribution is 5.74. The number of rotatable bonds is 8. The van der Waals surface area contributed by atoms with E-state index in [2.05, 4.69) is 112 Å². The van der Waals surface area contributed by atoms with Crippen LogP contribution >= 0.6 is 0 Å². The lowest BCUT2D eigenvalue weighted by Crippen LogP contribution is -2.59. The second-order valence-corrected chi connectivity index (χ2v) is 14.4. The standard InChI is InChI=1S/C39H46O3/c1-27-21-22-32-25-35-37(2)26-28(36(40)42-35)24-34(37)38(32,3)33(27)20-13-23-41-39(29-14-7-4-8-15-29,30-16-9-5-10-17-30)31-18-11-6-12-19-31/h4-12,14-19,27-28,32-35H,13,20-26H2,1-3H3/t27-,28-,32+,33+,34+,35+,37-,38+/m0/s1. The highest BCUT2D eigenvalue weighted by Crippen LogP contribution is 2.71. The maximum atomic E-state index is 12.8. The van der Waals surface area contributed by atoms with Crippen molar-refractivity contribution in [3.05, 3.63) is 108 Å². The van der Waals surface area contributed by atoms with E-state index in [1.807, 2.05) is 0 Å². The van der Waals surface area contributed by atoms with Crippen LogP contribution in [0.25, 0.3) is 0 Å². The molecular weight excluding hydrogens is 516 g/mol. The van der Waals surface area contributed by atoms with Gasteiger partial charge in [0.1, 0.15) is 11.7 Å². The van der Waals surface area contributed by atoms with Gasteiger partial charge in [-0.15, -0.1) is 0 Å². The fraction of sp³-hybridized carbons (Fsp3) is 0.513. The van der Waals surface area contributed by atoms with E-state index in [-0.39, 0.29) is 28.8 Å². The van der Waals surface area contributed by atoms with Gasteiger partial charge in [0.15, 0.2) is 0 Å². The molecule has 3 nitrogen and oxygen atoms in total. The van der Waals surface area contributed by atoms with Gasteiger partial charge < -0.3 is 9.47 Å². The summed E-state index contributed by atoms with van der Waals surface area (Å²) in [6.07, 6.45) is 7.97. The Labute approximate surface area is 252 Å². The van der Waals surface area contributed by atoms with Gasteiger partial charge in [0.2, 0.25) is 0 Å². The van der Waals surface area contributed by atoms with Gasteiger partial charge >= 0.3 is 5.97 Å². The van der Waals surface area contributed by atoms with Crippen LogP contribution < -0.4 is 0 Å². The second-order valence-electron chi connectivity index (χ2n) is 14.4. The van der Waals surface area contributed by atoms with E-state index in [0.717, 1.165) is 42.4 Å². The molecule has 3 heteroatoms. The van der Waals surface area contributed by atoms with Gasteiger partial charge in [0, 0.05) is 12.0 Å². The molecule has 42 heavy (non-hydrogen) atoms. The maximum Gasteiger partial charge on any atom is 0.309 e. The number of benzene rings is 3. The Morgan fingerprint density at radius 2 is 1.40 bits per heavy atom. The Morgan fingerprint density at radius 1 is 0.833 bits per heavy atom. The number of carbonyl (C=O) groups excluding carboxylic acids is 1. The third kappa shape index (κ3) is 4.21. The molecular formula is C39H46O3. The van der Waals surface area contributed by atoms with E-state index in [9.17, 15) is 4.79 Å². The van der Waals surface area contributed by atoms with Gasteiger partial charge in [-0.1, -0.05) is 118 Å². The Bertz CT molecular complexity index is 1290. The van der Waals surface area contributed by atoms with E-state index in [1.165, 1.54) is 19.3 Å². The number of carbonyl (C=O) groups is 1. The Hall–Kier alpha value is -2.91. The van der Waals surface area contributed by atoms with Gasteiger partial charge in [0.05, 0.1) is 5.92 Å². The van der Waals surface area contributed by atoms with E-state index in [0.29, 0.717) is 30.3 Å². The van der Waals surface area contributed by atoms with Crippen LogP contribution in [-0.4, -0.2) is 18.7 Å². The molecule has 0 unspecified atom stereocenters. The predicted molar refractivity (Wildman–Crippen MR) is 167 cm³/mol. The fourth-order valence-electron chi connectivity index (χ4n) is 10.5. The molecule has 1 saturated heterocycles. The third-order valence-electron chi connectivity index (χ3n) is 12.4. The summed E-state index contributed by atoms with van der Waals surface area (Å²) in [5, 5.41) is 0. The minimum absolute atomic E-state index is 0.0827. The first-order valence-corrected chi connectivity index (χ1v) is 16.4. The summed E-state index contributed by atoms with van der Waals surface area (Å²) in [7, 11) is 0. The topological polar surface area (TPSA) is 35.5 Å². The molecule has 0 spiro atoms. The third-order valence-corrected chi connectivity index (χ3v) is 12.4. The predicted octanol–water partition coefficient (Wildman–Crippen LogP) is 8.81. The van der Waals surface area contributed by atoms with Gasteiger partial charge in [-0.2, -0.15) is 0 Å². The molecule has 8 atom stereocenters. The highest BCUT2D eigenvalue weighted by atomic mass is 16.5. The fourth-order valence-corrected chi connectivity index (χ4v) is 10.5. The first-order valence-electron chi connectivity index (χ1n) is 16.4. The van der Waals surface area contributed by atoms with Crippen molar-refractivity contribution < 1.29 is 14.3 Å². The number of ether oxygens (including phenoxy) is 2. The van der Waals surface area contributed by atoms with Crippen LogP contribution in [0.3, 0.4) is 0 Å². The summed E-state index contributed by atoms with van der Waals surface area (Å²) in [6, 6.07) is 32.2. The van der Waals surface area contributed by atoms with Crippen molar-refractivity contribution in [1.29, 1.82) is 0 Å². The summed E-state index contributed by atoms with van der Waals surface area (Å²) < 4.78 is 13.3. The second kappa shape index (κ2) is 10.7. The van der Waals surface area contributed by atoms with Crippen molar-refractivity contribution in [3.8, 4) is 0 Å². The zero-order valence-electron chi connectivity index (χ0n) is 25.5. The molecule has 4 fully saturated rings. The van der Waals surface area contributed by atoms with Gasteiger partial charge in [-0.25, -0.2) is 0 Å². The van der Waals surface area contributed by atoms with Gasteiger partial charge in [-0.3, -0.25) is 4.79 Å². The van der Waals surface area contributed by atoms with Crippen molar-refractivity contribution in [3.63, 3.8) is 0 Å². The molecule has 1 aliphatic heterocycles. The van der Waals surface area contributed by atoms with E-state index >= 15 is 0 Å². The van der Waals surface area contributed by atoms with Crippen molar-refractivity contribution in [1.82, 2.24) is 0 Å². The molecule has 3 saturated carbocycles. The Morgan fingerprint density at radius 3 is 1.98 bits per heavy atom. The van der Waals surface area contributed by atoms with Crippen molar-refractivity contribution in [2.75, 3.05) is 6.61 Å². The SMILES string of the molecule is C[C@H]1CC[C@@H]2C[C@H]3OC(=O)[C@H]4C[C@H]([C@]3(C)C4)[C@@]2(C)[C@@H]1CCCOC(c1ccccc1)(c1ccccc1)c1ccccc1. The summed E-state index contributed by atoms with van der Waals surface area (Å²) in [6.45, 7) is 8.24. The molecule has 4 aliphatic rings. The van der Waals surface area contributed by atoms with Crippen molar-refractivity contribution >= 4 is 5.97 Å². The van der Waals surface area contributed by atoms with E-state index < -0.39 is 5.60 Å². The van der Waals surface area contributed by atoms with Gasteiger partial charge in [-0.05, 0) is 84.3 Å². The lowest BCUT2D eigenvalue weighted by atomic mass is 9.43. The number of hydrogen-bond donors (Lipinski definition) is 0. The first-order chi connectivity index (χ1) is 20.4. The van der Waals surface area contributed by atoms with Crippen LogP contribution in [0.15, 0.2) is 91.0 Å². The normalized spacial score (nSPS) is 35.4. The molecule has 220 valence electrons. The van der Waals surface area contributed by atoms with Crippen LogP contribution in [0, 0.1) is 40.4 Å². The summed E-state index contributed by atoms with van der Waals surface area (Å²) in [5.74, 6) is 2.72. The molecule has 2 bridgehead atoms. The molecule has 1 heterocycles. The molecule has 3 aromatic rings. The Balaban J connectivity index is 1.17. The molecule has 0 radical (unpaired) electrons. The van der Waals surface area contributed by atoms with Crippen LogP contribution in [-0.2, 0) is 19.9 Å². The van der Waals surface area contributed by atoms with E-state index in [1.54, 1.807) is 0 Å². The number of esters is 1. The molecule has 0 aromatic heterocycles. The van der Waals surface area contributed by atoms with Crippen molar-refractivity contribution in [2.24, 2.45) is 40.4 Å². The van der Waals surface area contributed by atoms with Crippen LogP contribution in [0.5, 0.6) is 0 Å². The van der Waals surface area contributed by atoms with E-state index in [4.69, 9.17) is 9.47 Å². The zero-order chi connectivity index (χ0) is 29.0. The van der Waals surface area contributed by atoms with Gasteiger partial charge in [0.25, 0.3) is 0 Å². The quantitative estimate of drug-likeness (QED) is 0.156. The molecule has 3 aromatic carbocycles. The largest absolute Gasteiger partial charge is 0.462 e. The Kier molecular flexibility index (Phi) is 7.08. The smallest absolute Gasteiger partial charge is 0.309 e. The summed E-state index contributed by atoms with van der Waals surface area (Å²) in [4.78, 5) is 12.8. The van der Waals surface area contributed by atoms with Crippen LogP contribution in [0.4, 0.5) is 0 Å². The first kappa shape index (κ1) is 27.9. The minimum atomic E-state index is -0.667. The lowest BCUT2D eigenvalue weighted by molar-refractivity contribution is -0.201. The number of hydrogen-bond acceptors (Lipinski definition) is 3. The minimum Gasteiger partial charge on any atom is -0.462 e. The highest BCUT2D eigenvalue weighted by Gasteiger charge is 2.68. The van der Waals surface area contributed by atoms with Crippen LogP contribution in [0.1, 0.15) is 82.4 Å². The molecule has 0 N–H and O–H groups in total. The average molecular weight is 563 g/mol. The maximum absolute atomic E-state index is 12.8. The molecule has 7 rings (SSSR count).